The number of nitrogen functional groups attached to an aromatic ring is 1. The Morgan fingerprint density at radius 1 is 1.16 bits per heavy atom. The second-order valence-electron chi connectivity index (χ2n) is 4.37. The fourth-order valence-corrected chi connectivity index (χ4v) is 4.23. The Hall–Kier alpha value is -1.37. The Kier molecular flexibility index (Phi) is 3.93. The normalized spacial score (nSPS) is 13.4. The molecule has 0 fully saturated rings. The smallest absolute Gasteiger partial charge is 0.250 e. The molecule has 0 aliphatic rings. The molecule has 3 N–H and O–H groups in total. The molecule has 1 aromatic carbocycles. The van der Waals surface area contributed by atoms with Gasteiger partial charge in [-0.05, 0) is 43.7 Å². The van der Waals surface area contributed by atoms with Crippen LogP contribution in [0.5, 0.6) is 0 Å². The number of hydrogen-bond donors (Lipinski definition) is 2. The highest BCUT2D eigenvalue weighted by Crippen LogP contribution is 2.23. The van der Waals surface area contributed by atoms with Crippen molar-refractivity contribution >= 4 is 27.0 Å². The topological polar surface area (TPSA) is 72.2 Å². The molecule has 4 nitrogen and oxygen atoms in total. The third-order valence-electron chi connectivity index (χ3n) is 2.75. The van der Waals surface area contributed by atoms with Crippen molar-refractivity contribution in [3.05, 3.63) is 46.8 Å². The first kappa shape index (κ1) is 14.0. The summed E-state index contributed by atoms with van der Waals surface area (Å²) in [6, 6.07) is 10.3. The molecule has 0 spiro atoms. The zero-order chi connectivity index (χ0) is 14.0. The molecule has 0 aliphatic heterocycles. The van der Waals surface area contributed by atoms with Crippen LogP contribution < -0.4 is 10.5 Å². The van der Waals surface area contributed by atoms with Crippen molar-refractivity contribution in [3.63, 3.8) is 0 Å². The highest BCUT2D eigenvalue weighted by Gasteiger charge is 2.19. The van der Waals surface area contributed by atoms with Gasteiger partial charge in [0.2, 0.25) is 0 Å². The summed E-state index contributed by atoms with van der Waals surface area (Å²) in [6.45, 7) is 3.69. The Balaban J connectivity index is 2.18. The fourth-order valence-electron chi connectivity index (χ4n) is 1.70. The highest BCUT2D eigenvalue weighted by molar-refractivity contribution is 7.91. The van der Waals surface area contributed by atoms with Crippen molar-refractivity contribution in [3.8, 4) is 0 Å². The molecule has 19 heavy (non-hydrogen) atoms. The van der Waals surface area contributed by atoms with E-state index in [-0.39, 0.29) is 6.04 Å². The van der Waals surface area contributed by atoms with Gasteiger partial charge < -0.3 is 5.73 Å². The molecule has 1 unspecified atom stereocenters. The van der Waals surface area contributed by atoms with Crippen LogP contribution in [0, 0.1) is 6.92 Å². The molecule has 1 heterocycles. The van der Waals surface area contributed by atoms with Crippen molar-refractivity contribution in [2.75, 3.05) is 5.73 Å². The predicted molar refractivity (Wildman–Crippen MR) is 78.6 cm³/mol. The lowest BCUT2D eigenvalue weighted by molar-refractivity contribution is 0.569. The summed E-state index contributed by atoms with van der Waals surface area (Å²) in [5.74, 6) is 0. The monoisotopic (exact) mass is 296 g/mol. The van der Waals surface area contributed by atoms with Crippen LogP contribution in [0.1, 0.15) is 23.4 Å². The van der Waals surface area contributed by atoms with Crippen molar-refractivity contribution in [2.24, 2.45) is 0 Å². The second-order valence-corrected chi connectivity index (χ2v) is 7.60. The molecule has 102 valence electrons. The van der Waals surface area contributed by atoms with Crippen LogP contribution in [0.4, 0.5) is 5.69 Å². The zero-order valence-electron chi connectivity index (χ0n) is 10.8. The predicted octanol–water partition coefficient (Wildman–Crippen LogP) is 2.68. The quantitative estimate of drug-likeness (QED) is 0.852. The largest absolute Gasteiger partial charge is 0.399 e. The standard InChI is InChI=1S/C13H16N2O2S2/c1-9-3-8-13(18-9)19(16,17)15-10(2)11-4-6-12(14)7-5-11/h3-8,10,15H,14H2,1-2H3. The highest BCUT2D eigenvalue weighted by atomic mass is 32.2. The lowest BCUT2D eigenvalue weighted by Gasteiger charge is -2.14. The molecule has 1 aromatic heterocycles. The van der Waals surface area contributed by atoms with Gasteiger partial charge in [0.05, 0.1) is 0 Å². The lowest BCUT2D eigenvalue weighted by atomic mass is 10.1. The van der Waals surface area contributed by atoms with Gasteiger partial charge in [-0.15, -0.1) is 11.3 Å². The Labute approximate surface area is 117 Å². The molecule has 2 aromatic rings. The number of sulfonamides is 1. The Bertz CT molecular complexity index is 660. The van der Waals surface area contributed by atoms with E-state index in [9.17, 15) is 8.42 Å². The van der Waals surface area contributed by atoms with Crippen LogP contribution in [-0.4, -0.2) is 8.42 Å². The van der Waals surface area contributed by atoms with Crippen molar-refractivity contribution < 1.29 is 8.42 Å². The van der Waals surface area contributed by atoms with Crippen LogP contribution in [0.2, 0.25) is 0 Å². The zero-order valence-corrected chi connectivity index (χ0v) is 12.4. The molecule has 0 aliphatic carbocycles. The van der Waals surface area contributed by atoms with E-state index < -0.39 is 10.0 Å². The van der Waals surface area contributed by atoms with Crippen LogP contribution in [-0.2, 0) is 10.0 Å². The van der Waals surface area contributed by atoms with Crippen LogP contribution in [0.25, 0.3) is 0 Å². The van der Waals surface area contributed by atoms with Gasteiger partial charge in [-0.2, -0.15) is 0 Å². The van der Waals surface area contributed by atoms with Crippen LogP contribution in [0.3, 0.4) is 0 Å². The summed E-state index contributed by atoms with van der Waals surface area (Å²) in [6.07, 6.45) is 0. The number of nitrogens with two attached hydrogens (primary N) is 1. The van der Waals surface area contributed by atoms with Crippen LogP contribution >= 0.6 is 11.3 Å². The summed E-state index contributed by atoms with van der Waals surface area (Å²) < 4.78 is 27.3. The molecule has 0 saturated carbocycles. The van der Waals surface area contributed by atoms with E-state index in [0.29, 0.717) is 9.90 Å². The van der Waals surface area contributed by atoms with E-state index in [4.69, 9.17) is 5.73 Å². The molecule has 1 atom stereocenters. The molecule has 0 radical (unpaired) electrons. The summed E-state index contributed by atoms with van der Waals surface area (Å²) in [4.78, 5) is 0.973. The average Bonchev–Trinajstić information content (AvgIpc) is 2.77. The number of hydrogen-bond acceptors (Lipinski definition) is 4. The first-order valence-electron chi connectivity index (χ1n) is 5.83. The molecule has 2 rings (SSSR count). The Morgan fingerprint density at radius 3 is 2.32 bits per heavy atom. The maximum Gasteiger partial charge on any atom is 0.250 e. The minimum absolute atomic E-state index is 0.298. The van der Waals surface area contributed by atoms with Gasteiger partial charge in [0.15, 0.2) is 0 Å². The molecule has 6 heteroatoms. The summed E-state index contributed by atoms with van der Waals surface area (Å²) >= 11 is 1.26. The van der Waals surface area contributed by atoms with Crippen LogP contribution in [0.15, 0.2) is 40.6 Å². The molecule has 0 bridgehead atoms. The van der Waals surface area contributed by atoms with E-state index in [2.05, 4.69) is 4.72 Å². The molecular formula is C13H16N2O2S2. The summed E-state index contributed by atoms with van der Waals surface area (Å²) in [7, 11) is -3.46. The van der Waals surface area contributed by atoms with Gasteiger partial charge in [0.25, 0.3) is 10.0 Å². The second kappa shape index (κ2) is 5.32. The summed E-state index contributed by atoms with van der Waals surface area (Å²) in [5, 5.41) is 0. The van der Waals surface area contributed by atoms with Gasteiger partial charge in [0, 0.05) is 16.6 Å². The lowest BCUT2D eigenvalue weighted by Crippen LogP contribution is -2.26. The maximum absolute atomic E-state index is 12.2. The average molecular weight is 296 g/mol. The third-order valence-corrected chi connectivity index (χ3v) is 5.78. The third kappa shape index (κ3) is 3.34. The minimum Gasteiger partial charge on any atom is -0.399 e. The minimum atomic E-state index is -3.46. The van der Waals surface area contributed by atoms with Gasteiger partial charge in [-0.25, -0.2) is 13.1 Å². The van der Waals surface area contributed by atoms with E-state index in [1.54, 1.807) is 24.3 Å². The van der Waals surface area contributed by atoms with E-state index in [1.165, 1.54) is 11.3 Å². The SMILES string of the molecule is Cc1ccc(S(=O)(=O)NC(C)c2ccc(N)cc2)s1. The van der Waals surface area contributed by atoms with E-state index in [1.807, 2.05) is 26.0 Å². The number of anilines is 1. The number of nitrogens with one attached hydrogen (secondary N) is 1. The summed E-state index contributed by atoms with van der Waals surface area (Å²) in [5.41, 5.74) is 7.15. The number of thiophene rings is 1. The van der Waals surface area contributed by atoms with E-state index >= 15 is 0 Å². The van der Waals surface area contributed by atoms with Gasteiger partial charge in [-0.1, -0.05) is 12.1 Å². The van der Waals surface area contributed by atoms with Gasteiger partial charge >= 0.3 is 0 Å². The van der Waals surface area contributed by atoms with Crippen molar-refractivity contribution in [1.29, 1.82) is 0 Å². The van der Waals surface area contributed by atoms with Crippen molar-refractivity contribution in [1.82, 2.24) is 4.72 Å². The fraction of sp³-hybridized carbons (Fsp3) is 0.231. The first-order valence-corrected chi connectivity index (χ1v) is 8.12. The van der Waals surface area contributed by atoms with Gasteiger partial charge in [0.1, 0.15) is 4.21 Å². The first-order chi connectivity index (χ1) is 8.88. The molecule has 0 saturated heterocycles. The molecule has 0 amide bonds. The van der Waals surface area contributed by atoms with E-state index in [0.717, 1.165) is 10.4 Å². The number of benzene rings is 1. The Morgan fingerprint density at radius 2 is 1.79 bits per heavy atom. The van der Waals surface area contributed by atoms with Crippen molar-refractivity contribution in [2.45, 2.75) is 24.1 Å². The molecular weight excluding hydrogens is 280 g/mol. The number of aryl methyl sites for hydroxylation is 1. The maximum atomic E-state index is 12.2. The number of rotatable bonds is 4. The van der Waals surface area contributed by atoms with Gasteiger partial charge in [-0.3, -0.25) is 0 Å².